The van der Waals surface area contributed by atoms with Crippen molar-refractivity contribution in [2.24, 2.45) is 0 Å². The van der Waals surface area contributed by atoms with E-state index in [0.29, 0.717) is 24.2 Å². The summed E-state index contributed by atoms with van der Waals surface area (Å²) in [7, 11) is -3.56. The van der Waals surface area contributed by atoms with Gasteiger partial charge < -0.3 is 0 Å². The van der Waals surface area contributed by atoms with Gasteiger partial charge in [-0.1, -0.05) is 30.3 Å². The third kappa shape index (κ3) is 2.00. The number of carbonyl (C=O) groups excluding carboxylic acids is 1. The highest BCUT2D eigenvalue weighted by Crippen LogP contribution is 2.33. The summed E-state index contributed by atoms with van der Waals surface area (Å²) in [5.41, 5.74) is 2.05. The number of benzene rings is 2. The second kappa shape index (κ2) is 4.76. The van der Waals surface area contributed by atoms with Crippen LogP contribution < -0.4 is 4.31 Å². The Morgan fingerprint density at radius 3 is 2.50 bits per heavy atom. The van der Waals surface area contributed by atoms with E-state index in [9.17, 15) is 13.2 Å². The minimum atomic E-state index is -3.56. The lowest BCUT2D eigenvalue weighted by molar-refractivity contribution is 0.112. The monoisotopic (exact) mass is 287 g/mol. The van der Waals surface area contributed by atoms with Crippen LogP contribution in [0.4, 0.5) is 5.69 Å². The lowest BCUT2D eigenvalue weighted by atomic mass is 10.1. The van der Waals surface area contributed by atoms with Crippen LogP contribution in [0.3, 0.4) is 0 Å². The van der Waals surface area contributed by atoms with Crippen LogP contribution in [-0.4, -0.2) is 21.2 Å². The number of fused-ring (bicyclic) bond motifs is 1. The molecule has 1 aliphatic heterocycles. The molecule has 0 radical (unpaired) electrons. The van der Waals surface area contributed by atoms with E-state index in [1.165, 1.54) is 4.31 Å². The molecule has 20 heavy (non-hydrogen) atoms. The molecule has 1 heterocycles. The Labute approximate surface area is 117 Å². The van der Waals surface area contributed by atoms with Crippen LogP contribution >= 0.6 is 0 Å². The summed E-state index contributed by atoms with van der Waals surface area (Å²) in [6.07, 6.45) is 1.40. The lowest BCUT2D eigenvalue weighted by Gasteiger charge is -2.19. The van der Waals surface area contributed by atoms with E-state index in [1.807, 2.05) is 6.07 Å². The van der Waals surface area contributed by atoms with Crippen LogP contribution in [0, 0.1) is 0 Å². The SMILES string of the molecule is O=Cc1ccc2c(c1)N(S(=O)(=O)c1ccccc1)CC2. The maximum atomic E-state index is 12.6. The lowest BCUT2D eigenvalue weighted by Crippen LogP contribution is -2.29. The van der Waals surface area contributed by atoms with Gasteiger partial charge in [-0.3, -0.25) is 9.10 Å². The molecule has 3 rings (SSSR count). The molecule has 0 aliphatic carbocycles. The van der Waals surface area contributed by atoms with Crippen LogP contribution in [0.2, 0.25) is 0 Å². The van der Waals surface area contributed by atoms with E-state index in [0.717, 1.165) is 11.8 Å². The Hall–Kier alpha value is -2.14. The number of sulfonamides is 1. The predicted molar refractivity (Wildman–Crippen MR) is 76.5 cm³/mol. The molecule has 5 heteroatoms. The van der Waals surface area contributed by atoms with Crippen LogP contribution in [0.15, 0.2) is 53.4 Å². The van der Waals surface area contributed by atoms with Gasteiger partial charge in [-0.05, 0) is 30.2 Å². The van der Waals surface area contributed by atoms with Gasteiger partial charge in [0.15, 0.2) is 0 Å². The van der Waals surface area contributed by atoms with Gasteiger partial charge in [-0.2, -0.15) is 0 Å². The molecule has 0 spiro atoms. The maximum Gasteiger partial charge on any atom is 0.264 e. The number of rotatable bonds is 3. The summed E-state index contributed by atoms with van der Waals surface area (Å²) >= 11 is 0. The van der Waals surface area contributed by atoms with Crippen molar-refractivity contribution in [2.45, 2.75) is 11.3 Å². The Morgan fingerprint density at radius 2 is 1.80 bits per heavy atom. The molecule has 2 aromatic rings. The van der Waals surface area contributed by atoms with Crippen LogP contribution in [0.1, 0.15) is 15.9 Å². The first-order valence-electron chi connectivity index (χ1n) is 6.29. The summed E-state index contributed by atoms with van der Waals surface area (Å²) in [6, 6.07) is 13.5. The molecular formula is C15H13NO3S. The molecule has 0 aromatic heterocycles. The number of hydrogen-bond donors (Lipinski definition) is 0. The standard InChI is InChI=1S/C15H13NO3S/c17-11-12-6-7-13-8-9-16(15(13)10-12)20(18,19)14-4-2-1-3-5-14/h1-7,10-11H,8-9H2. The van der Waals surface area contributed by atoms with Crippen molar-refractivity contribution < 1.29 is 13.2 Å². The maximum absolute atomic E-state index is 12.6. The molecular weight excluding hydrogens is 274 g/mol. The first-order chi connectivity index (χ1) is 9.63. The molecule has 0 atom stereocenters. The van der Waals surface area contributed by atoms with E-state index in [1.54, 1.807) is 42.5 Å². The van der Waals surface area contributed by atoms with E-state index in [2.05, 4.69) is 0 Å². The Balaban J connectivity index is 2.09. The number of aldehydes is 1. The zero-order valence-corrected chi connectivity index (χ0v) is 11.5. The summed E-state index contributed by atoms with van der Waals surface area (Å²) in [6.45, 7) is 0.412. The molecule has 0 saturated carbocycles. The number of anilines is 1. The topological polar surface area (TPSA) is 54.5 Å². The molecule has 0 unspecified atom stereocenters. The molecule has 0 fully saturated rings. The zero-order chi connectivity index (χ0) is 14.2. The highest BCUT2D eigenvalue weighted by molar-refractivity contribution is 7.92. The molecule has 1 aliphatic rings. The van der Waals surface area contributed by atoms with Crippen molar-refractivity contribution in [3.05, 3.63) is 59.7 Å². The molecule has 4 nitrogen and oxygen atoms in total. The molecule has 0 N–H and O–H groups in total. The van der Waals surface area contributed by atoms with Crippen molar-refractivity contribution >= 4 is 22.0 Å². The van der Waals surface area contributed by atoms with Crippen molar-refractivity contribution in [1.29, 1.82) is 0 Å². The van der Waals surface area contributed by atoms with Gasteiger partial charge in [0, 0.05) is 12.1 Å². The first kappa shape index (κ1) is 12.9. The second-order valence-electron chi connectivity index (χ2n) is 4.65. The Bertz CT molecular complexity index is 754. The Kier molecular flexibility index (Phi) is 3.06. The van der Waals surface area contributed by atoms with Gasteiger partial charge in [0.2, 0.25) is 0 Å². The van der Waals surface area contributed by atoms with E-state index in [-0.39, 0.29) is 4.90 Å². The normalized spacial score (nSPS) is 14.1. The number of hydrogen-bond acceptors (Lipinski definition) is 3. The minimum absolute atomic E-state index is 0.268. The largest absolute Gasteiger partial charge is 0.298 e. The molecule has 0 amide bonds. The van der Waals surface area contributed by atoms with E-state index >= 15 is 0 Å². The fraction of sp³-hybridized carbons (Fsp3) is 0.133. The van der Waals surface area contributed by atoms with Crippen LogP contribution in [-0.2, 0) is 16.4 Å². The zero-order valence-electron chi connectivity index (χ0n) is 10.7. The van der Waals surface area contributed by atoms with Gasteiger partial charge in [0.05, 0.1) is 10.6 Å². The molecule has 2 aromatic carbocycles. The second-order valence-corrected chi connectivity index (χ2v) is 6.51. The van der Waals surface area contributed by atoms with Crippen LogP contribution in [0.25, 0.3) is 0 Å². The van der Waals surface area contributed by atoms with Crippen molar-refractivity contribution in [3.63, 3.8) is 0 Å². The highest BCUT2D eigenvalue weighted by Gasteiger charge is 2.30. The summed E-state index contributed by atoms with van der Waals surface area (Å²) in [4.78, 5) is 11.1. The van der Waals surface area contributed by atoms with Gasteiger partial charge in [0.1, 0.15) is 6.29 Å². The quantitative estimate of drug-likeness (QED) is 0.814. The van der Waals surface area contributed by atoms with Crippen molar-refractivity contribution in [1.82, 2.24) is 0 Å². The molecule has 0 bridgehead atoms. The molecule has 0 saturated heterocycles. The summed E-state index contributed by atoms with van der Waals surface area (Å²) < 4.78 is 26.6. The number of carbonyl (C=O) groups is 1. The molecule has 102 valence electrons. The first-order valence-corrected chi connectivity index (χ1v) is 7.73. The third-order valence-corrected chi connectivity index (χ3v) is 5.26. The van der Waals surface area contributed by atoms with Gasteiger partial charge >= 0.3 is 0 Å². The fourth-order valence-corrected chi connectivity index (χ4v) is 3.93. The summed E-state index contributed by atoms with van der Waals surface area (Å²) in [5, 5.41) is 0. The fourth-order valence-electron chi connectivity index (χ4n) is 2.41. The van der Waals surface area contributed by atoms with Crippen molar-refractivity contribution in [2.75, 3.05) is 10.8 Å². The van der Waals surface area contributed by atoms with E-state index in [4.69, 9.17) is 0 Å². The van der Waals surface area contributed by atoms with Crippen molar-refractivity contribution in [3.8, 4) is 0 Å². The Morgan fingerprint density at radius 1 is 1.05 bits per heavy atom. The van der Waals surface area contributed by atoms with Gasteiger partial charge in [-0.15, -0.1) is 0 Å². The van der Waals surface area contributed by atoms with Gasteiger partial charge in [0.25, 0.3) is 10.0 Å². The van der Waals surface area contributed by atoms with E-state index < -0.39 is 10.0 Å². The average molecular weight is 287 g/mol. The summed E-state index contributed by atoms with van der Waals surface area (Å²) in [5.74, 6) is 0. The highest BCUT2D eigenvalue weighted by atomic mass is 32.2. The predicted octanol–water partition coefficient (Wildman–Crippen LogP) is 2.25. The minimum Gasteiger partial charge on any atom is -0.298 e. The number of nitrogens with zero attached hydrogens (tertiary/aromatic N) is 1. The van der Waals surface area contributed by atoms with Gasteiger partial charge in [-0.25, -0.2) is 8.42 Å². The average Bonchev–Trinajstić information content (AvgIpc) is 2.91. The smallest absolute Gasteiger partial charge is 0.264 e. The van der Waals surface area contributed by atoms with Crippen LogP contribution in [0.5, 0.6) is 0 Å². The third-order valence-electron chi connectivity index (χ3n) is 3.43.